The molecule has 0 saturated carbocycles. The van der Waals surface area contributed by atoms with Crippen LogP contribution in [-0.4, -0.2) is 129 Å². The molecule has 0 radical (unpaired) electrons. The van der Waals surface area contributed by atoms with Gasteiger partial charge >= 0.3 is 0 Å². The summed E-state index contributed by atoms with van der Waals surface area (Å²) in [6, 6.07) is 3.38. The number of hydrogen-bond acceptors (Lipinski definition) is 16. The number of carbonyl (C=O) groups excluding carboxylic acids is 3. The third kappa shape index (κ3) is 7.11. The molecular weight excluding hydrogens is 732 g/mol. The number of likely N-dealkylation sites (N-methyl/N-ethyl adjacent to an activating group) is 1. The molecule has 2 aliphatic carbocycles. The van der Waals surface area contributed by atoms with Crippen molar-refractivity contribution in [3.8, 4) is 17.2 Å². The van der Waals surface area contributed by atoms with Crippen molar-refractivity contribution in [3.05, 3.63) is 63.4 Å². The zero-order valence-electron chi connectivity index (χ0n) is 32.1. The van der Waals surface area contributed by atoms with E-state index in [1.807, 2.05) is 32.8 Å². The lowest BCUT2D eigenvalue weighted by Gasteiger charge is -2.47. The minimum atomic E-state index is -1.29. The number of aromatic hydroxyl groups is 3. The van der Waals surface area contributed by atoms with Gasteiger partial charge in [0.25, 0.3) is 0 Å². The number of hydrogen-bond donors (Lipinski definition) is 6. The van der Waals surface area contributed by atoms with E-state index < -0.39 is 102 Å². The summed E-state index contributed by atoms with van der Waals surface area (Å²) in [6.07, 6.45) is -6.04. The molecule has 7 rings (SSSR count). The highest BCUT2D eigenvalue weighted by Gasteiger charge is 2.48. The number of ketones is 3. The summed E-state index contributed by atoms with van der Waals surface area (Å²) in [4.78, 5) is 41.3. The molecule has 56 heavy (non-hydrogen) atoms. The molecule has 1 unspecified atom stereocenters. The number of phenols is 3. The highest BCUT2D eigenvalue weighted by molar-refractivity contribution is 6.31. The standard InChI is InChI=1S/C40H50N2O14/c1-7-40(50)14-19-10-20-31(36(49)33-24(44)9-8-23(43)32(33)34(20)47)35(48)30(19)27(15-40)54-28-12-22(42(5)6)37(17(3)51-28)55-29-13-26(46)38(18(4)52-29)56-39-21(41)11-25(45)16(2)53-39/h8-11,16-18,22,26-29,37-39,43-44,46,48,50H,7,12-15,41H2,1-6H3/t16-,17-,18-,22-,26-,27+,28-,29-,37?,38+,39+,40+/m0/s1. The van der Waals surface area contributed by atoms with E-state index in [0.29, 0.717) is 12.0 Å². The largest absolute Gasteiger partial charge is 0.507 e. The molecule has 2 saturated heterocycles. The Bertz CT molecular complexity index is 1940. The third-order valence-electron chi connectivity index (χ3n) is 11.7. The molecule has 0 amide bonds. The van der Waals surface area contributed by atoms with Crippen molar-refractivity contribution in [2.75, 3.05) is 14.1 Å². The lowest BCUT2D eigenvalue weighted by Crippen LogP contribution is -2.58. The maximum atomic E-state index is 13.8. The van der Waals surface area contributed by atoms with Crippen molar-refractivity contribution in [1.29, 1.82) is 0 Å². The zero-order chi connectivity index (χ0) is 40.5. The molecule has 2 fully saturated rings. The number of phenolic OH excluding ortho intramolecular Hbond substituents is 3. The van der Waals surface area contributed by atoms with Crippen LogP contribution in [0, 0.1) is 0 Å². The zero-order valence-corrected chi connectivity index (χ0v) is 32.1. The van der Waals surface area contributed by atoms with Crippen LogP contribution in [0.25, 0.3) is 0 Å². The van der Waals surface area contributed by atoms with E-state index >= 15 is 0 Å². The molecule has 2 aromatic rings. The molecule has 304 valence electrons. The fourth-order valence-electron chi connectivity index (χ4n) is 8.62. The Labute approximate surface area is 323 Å². The summed E-state index contributed by atoms with van der Waals surface area (Å²) in [5.41, 5.74) is 4.21. The van der Waals surface area contributed by atoms with Crippen LogP contribution >= 0.6 is 0 Å². The fraction of sp³-hybridized carbons (Fsp3) is 0.575. The summed E-state index contributed by atoms with van der Waals surface area (Å²) >= 11 is 0. The number of benzene rings is 2. The van der Waals surface area contributed by atoms with Crippen molar-refractivity contribution < 1.29 is 68.3 Å². The summed E-state index contributed by atoms with van der Waals surface area (Å²) in [6.45, 7) is 6.95. The van der Waals surface area contributed by atoms with E-state index in [2.05, 4.69) is 0 Å². The molecular formula is C40H50N2O14. The third-order valence-corrected chi connectivity index (χ3v) is 11.7. The second kappa shape index (κ2) is 15.1. The van der Waals surface area contributed by atoms with E-state index in [9.17, 15) is 39.9 Å². The van der Waals surface area contributed by atoms with Gasteiger partial charge in [-0.1, -0.05) is 6.92 Å². The number of fused-ring (bicyclic) bond motifs is 3. The fourth-order valence-corrected chi connectivity index (χ4v) is 8.62. The van der Waals surface area contributed by atoms with Crippen LogP contribution in [0.3, 0.4) is 0 Å². The average molecular weight is 783 g/mol. The maximum absolute atomic E-state index is 13.8. The second-order valence-electron chi connectivity index (χ2n) is 15.8. The predicted octanol–water partition coefficient (Wildman–Crippen LogP) is 2.21. The number of aliphatic hydroxyl groups is 2. The molecule has 2 aromatic carbocycles. The predicted molar refractivity (Wildman–Crippen MR) is 195 cm³/mol. The van der Waals surface area contributed by atoms with E-state index in [4.69, 9.17) is 34.2 Å². The monoisotopic (exact) mass is 782 g/mol. The van der Waals surface area contributed by atoms with Gasteiger partial charge in [-0.2, -0.15) is 0 Å². The molecule has 0 spiro atoms. The van der Waals surface area contributed by atoms with Gasteiger partial charge in [-0.05, 0) is 65.0 Å². The van der Waals surface area contributed by atoms with E-state index in [1.54, 1.807) is 13.8 Å². The quantitative estimate of drug-likeness (QED) is 0.180. The first kappa shape index (κ1) is 40.2. The average Bonchev–Trinajstić information content (AvgIpc) is 3.12. The molecule has 16 nitrogen and oxygen atoms in total. The van der Waals surface area contributed by atoms with Gasteiger partial charge in [-0.15, -0.1) is 0 Å². The summed E-state index contributed by atoms with van der Waals surface area (Å²) < 4.78 is 37.2. The Morgan fingerprint density at radius 1 is 0.875 bits per heavy atom. The summed E-state index contributed by atoms with van der Waals surface area (Å²) in [7, 11) is 3.76. The Kier molecular flexibility index (Phi) is 10.8. The first-order valence-electron chi connectivity index (χ1n) is 18.9. The first-order chi connectivity index (χ1) is 26.4. The lowest BCUT2D eigenvalue weighted by molar-refractivity contribution is -0.321. The summed E-state index contributed by atoms with van der Waals surface area (Å²) in [5.74, 6) is -3.33. The summed E-state index contributed by atoms with van der Waals surface area (Å²) in [5, 5.41) is 55.6. The van der Waals surface area contributed by atoms with Crippen LogP contribution in [0.2, 0.25) is 0 Å². The first-order valence-corrected chi connectivity index (χ1v) is 18.9. The van der Waals surface area contributed by atoms with Crippen LogP contribution < -0.4 is 5.73 Å². The highest BCUT2D eigenvalue weighted by Crippen LogP contribution is 2.50. The van der Waals surface area contributed by atoms with Crippen LogP contribution in [0.4, 0.5) is 0 Å². The van der Waals surface area contributed by atoms with Crippen molar-refractivity contribution in [3.63, 3.8) is 0 Å². The number of ether oxygens (including phenoxy) is 6. The number of carbonyl (C=O) groups is 3. The van der Waals surface area contributed by atoms with E-state index in [-0.39, 0.29) is 65.5 Å². The van der Waals surface area contributed by atoms with Gasteiger partial charge in [0.05, 0.1) is 52.4 Å². The lowest BCUT2D eigenvalue weighted by atomic mass is 9.73. The number of rotatable bonds is 8. The number of nitrogens with zero attached hydrogens (tertiary/aromatic N) is 1. The van der Waals surface area contributed by atoms with Crippen molar-refractivity contribution in [2.24, 2.45) is 5.73 Å². The van der Waals surface area contributed by atoms with Gasteiger partial charge < -0.3 is 64.6 Å². The van der Waals surface area contributed by atoms with Crippen LogP contribution in [0.5, 0.6) is 17.2 Å². The van der Waals surface area contributed by atoms with Gasteiger partial charge in [0, 0.05) is 48.9 Å². The second-order valence-corrected chi connectivity index (χ2v) is 15.8. The molecule has 12 atom stereocenters. The SMILES string of the molecule is CC[C@@]1(O)Cc2cc3c(c(O)c2[C@H](O[C@H]2C[C@H](N(C)C)C(O[C@H]4C[C@H](O)[C@H](O[C@H]5O[C@@H](C)C(=O)C=C5N)[C@H](C)O4)[C@H](C)O2)C1)C(=O)c1c(O)ccc(O)c1C3=O. The number of aliphatic hydroxyl groups excluding tert-OH is 1. The maximum Gasteiger partial charge on any atom is 0.202 e. The van der Waals surface area contributed by atoms with Gasteiger partial charge in [-0.25, -0.2) is 0 Å². The van der Waals surface area contributed by atoms with Crippen molar-refractivity contribution in [2.45, 2.75) is 133 Å². The topological polar surface area (TPSA) is 237 Å². The van der Waals surface area contributed by atoms with Gasteiger partial charge in [0.1, 0.15) is 35.6 Å². The minimum absolute atomic E-state index is 0.0475. The van der Waals surface area contributed by atoms with Gasteiger partial charge in [-0.3, -0.25) is 14.4 Å². The Morgan fingerprint density at radius 2 is 1.50 bits per heavy atom. The van der Waals surface area contributed by atoms with Crippen LogP contribution in [0.15, 0.2) is 30.0 Å². The van der Waals surface area contributed by atoms with Gasteiger partial charge in [0.15, 0.2) is 30.4 Å². The van der Waals surface area contributed by atoms with Crippen molar-refractivity contribution >= 4 is 17.3 Å². The minimum Gasteiger partial charge on any atom is -0.507 e. The van der Waals surface area contributed by atoms with Crippen molar-refractivity contribution in [1.82, 2.24) is 4.90 Å². The molecule has 7 N–H and O–H groups in total. The van der Waals surface area contributed by atoms with Gasteiger partial charge in [0.2, 0.25) is 5.78 Å². The Hall–Kier alpha value is -3.97. The molecule has 3 aliphatic heterocycles. The Balaban J connectivity index is 1.09. The van der Waals surface area contributed by atoms with Crippen LogP contribution in [-0.2, 0) is 39.6 Å². The number of nitrogens with two attached hydrogens (primary N) is 1. The van der Waals surface area contributed by atoms with E-state index in [1.165, 1.54) is 12.1 Å². The highest BCUT2D eigenvalue weighted by atomic mass is 16.7. The normalized spacial score (nSPS) is 35.8. The van der Waals surface area contributed by atoms with E-state index in [0.717, 1.165) is 12.1 Å². The molecule has 5 aliphatic rings. The Morgan fingerprint density at radius 3 is 2.12 bits per heavy atom. The molecule has 0 bridgehead atoms. The van der Waals surface area contributed by atoms with Crippen LogP contribution in [0.1, 0.15) is 102 Å². The molecule has 3 heterocycles. The molecule has 16 heteroatoms. The smallest absolute Gasteiger partial charge is 0.202 e. The molecule has 0 aromatic heterocycles.